The molecule has 8 heteroatoms. The number of benzene rings is 1. The highest BCUT2D eigenvalue weighted by Gasteiger charge is 2.14. The van der Waals surface area contributed by atoms with Crippen LogP contribution >= 0.6 is 11.3 Å². The summed E-state index contributed by atoms with van der Waals surface area (Å²) in [6.07, 6.45) is 3.43. The van der Waals surface area contributed by atoms with Crippen LogP contribution in [0.1, 0.15) is 10.5 Å². The molecule has 3 heterocycles. The van der Waals surface area contributed by atoms with Crippen LogP contribution in [0, 0.1) is 0 Å². The predicted octanol–water partition coefficient (Wildman–Crippen LogP) is 3.04. The normalized spacial score (nSPS) is 10.6. The monoisotopic (exact) mass is 348 g/mol. The van der Waals surface area contributed by atoms with Crippen LogP contribution in [0.4, 0.5) is 5.13 Å². The summed E-state index contributed by atoms with van der Waals surface area (Å²) < 4.78 is 1.65. The number of anilines is 1. The number of para-hydroxylation sites is 1. The molecule has 0 fully saturated rings. The molecule has 0 aliphatic rings. The number of aromatic nitrogens is 5. The zero-order valence-electron chi connectivity index (χ0n) is 12.9. The lowest BCUT2D eigenvalue weighted by molar-refractivity contribution is 0.102. The highest BCUT2D eigenvalue weighted by atomic mass is 32.1. The molecule has 25 heavy (non-hydrogen) atoms. The number of carbonyl (C=O) groups excluding carboxylic acids is 1. The molecule has 3 aromatic heterocycles. The molecule has 0 saturated heterocycles. The number of hydrogen-bond acceptors (Lipinski definition) is 6. The summed E-state index contributed by atoms with van der Waals surface area (Å²) in [5, 5.41) is 16.1. The molecule has 122 valence electrons. The molecule has 1 aromatic carbocycles. The van der Waals surface area contributed by atoms with E-state index < -0.39 is 0 Å². The first-order valence-corrected chi connectivity index (χ1v) is 8.28. The lowest BCUT2D eigenvalue weighted by Crippen LogP contribution is -2.13. The molecule has 0 aliphatic carbocycles. The Balaban J connectivity index is 1.50. The number of carbonyl (C=O) groups is 1. The maximum absolute atomic E-state index is 12.3. The average Bonchev–Trinajstić information content (AvgIpc) is 3.33. The first-order chi connectivity index (χ1) is 12.3. The van der Waals surface area contributed by atoms with Crippen molar-refractivity contribution >= 4 is 22.4 Å². The number of amides is 1. The van der Waals surface area contributed by atoms with Gasteiger partial charge in [0.15, 0.2) is 10.7 Å². The quantitative estimate of drug-likeness (QED) is 0.613. The van der Waals surface area contributed by atoms with E-state index >= 15 is 0 Å². The molecule has 7 nitrogen and oxygen atoms in total. The summed E-state index contributed by atoms with van der Waals surface area (Å²) in [5.41, 5.74) is 1.90. The van der Waals surface area contributed by atoms with E-state index in [1.807, 2.05) is 48.5 Å². The number of hydrogen-bond donors (Lipinski definition) is 1. The van der Waals surface area contributed by atoms with Gasteiger partial charge in [-0.1, -0.05) is 35.6 Å². The van der Waals surface area contributed by atoms with Crippen molar-refractivity contribution in [2.75, 3.05) is 5.32 Å². The Morgan fingerprint density at radius 1 is 1.00 bits per heavy atom. The molecule has 0 radical (unpaired) electrons. The molecule has 0 spiro atoms. The molecule has 0 aliphatic heterocycles. The van der Waals surface area contributed by atoms with E-state index in [0.717, 1.165) is 5.69 Å². The van der Waals surface area contributed by atoms with E-state index in [2.05, 4.69) is 25.6 Å². The van der Waals surface area contributed by atoms with Crippen LogP contribution in [-0.4, -0.2) is 30.9 Å². The van der Waals surface area contributed by atoms with Crippen molar-refractivity contribution in [3.05, 3.63) is 72.7 Å². The molecular formula is C17H12N6OS. The summed E-state index contributed by atoms with van der Waals surface area (Å²) in [4.78, 5) is 16.6. The molecule has 1 N–H and O–H groups in total. The number of nitrogens with zero attached hydrogens (tertiary/aromatic N) is 5. The fourth-order valence-corrected chi connectivity index (χ4v) is 2.91. The van der Waals surface area contributed by atoms with Crippen LogP contribution in [0.25, 0.3) is 16.4 Å². The molecule has 1 amide bonds. The molecular weight excluding hydrogens is 336 g/mol. The molecule has 0 unspecified atom stereocenters. The zero-order valence-corrected chi connectivity index (χ0v) is 13.7. The second-order valence-corrected chi connectivity index (χ2v) is 6.04. The standard InChI is InChI=1S/C17H12N6OS/c24-15(13-9-11-23(22-13)12-6-2-1-3-7-12)19-17-21-20-16(25-17)14-8-4-5-10-18-14/h1-11H,(H,19,21,24). The van der Waals surface area contributed by atoms with Gasteiger partial charge in [-0.15, -0.1) is 10.2 Å². The Morgan fingerprint density at radius 2 is 1.84 bits per heavy atom. The summed E-state index contributed by atoms with van der Waals surface area (Å²) in [6, 6.07) is 16.8. The van der Waals surface area contributed by atoms with Gasteiger partial charge in [-0.3, -0.25) is 15.1 Å². The van der Waals surface area contributed by atoms with Crippen molar-refractivity contribution in [1.29, 1.82) is 0 Å². The lowest BCUT2D eigenvalue weighted by atomic mass is 10.3. The SMILES string of the molecule is O=C(Nc1nnc(-c2ccccn2)s1)c1ccn(-c2ccccc2)n1. The van der Waals surface area contributed by atoms with Crippen molar-refractivity contribution in [1.82, 2.24) is 25.0 Å². The summed E-state index contributed by atoms with van der Waals surface area (Å²) in [5.74, 6) is -0.335. The van der Waals surface area contributed by atoms with Gasteiger partial charge in [0.1, 0.15) is 5.69 Å². The smallest absolute Gasteiger partial charge is 0.277 e. The Morgan fingerprint density at radius 3 is 2.64 bits per heavy atom. The first-order valence-electron chi connectivity index (χ1n) is 7.47. The molecule has 4 rings (SSSR count). The second-order valence-electron chi connectivity index (χ2n) is 5.06. The van der Waals surface area contributed by atoms with Crippen LogP contribution in [-0.2, 0) is 0 Å². The Labute approximate surface area is 147 Å². The van der Waals surface area contributed by atoms with Crippen LogP contribution < -0.4 is 5.32 Å². The fraction of sp³-hybridized carbons (Fsp3) is 0. The minimum Gasteiger partial charge on any atom is -0.295 e. The van der Waals surface area contributed by atoms with E-state index in [-0.39, 0.29) is 5.91 Å². The van der Waals surface area contributed by atoms with Crippen LogP contribution in [0.2, 0.25) is 0 Å². The highest BCUT2D eigenvalue weighted by Crippen LogP contribution is 2.24. The van der Waals surface area contributed by atoms with E-state index in [0.29, 0.717) is 21.5 Å². The Bertz CT molecular complexity index is 996. The van der Waals surface area contributed by atoms with Gasteiger partial charge < -0.3 is 0 Å². The van der Waals surface area contributed by atoms with Crippen molar-refractivity contribution in [3.8, 4) is 16.4 Å². The highest BCUT2D eigenvalue weighted by molar-refractivity contribution is 7.18. The van der Waals surface area contributed by atoms with Crippen LogP contribution in [0.3, 0.4) is 0 Å². The third-order valence-electron chi connectivity index (χ3n) is 3.37. The minimum atomic E-state index is -0.335. The third kappa shape index (κ3) is 3.29. The maximum atomic E-state index is 12.3. The number of rotatable bonds is 4. The maximum Gasteiger partial charge on any atom is 0.277 e. The summed E-state index contributed by atoms with van der Waals surface area (Å²) >= 11 is 1.26. The van der Waals surface area contributed by atoms with Crippen molar-refractivity contribution in [2.24, 2.45) is 0 Å². The van der Waals surface area contributed by atoms with Crippen molar-refractivity contribution in [3.63, 3.8) is 0 Å². The number of pyridine rings is 1. The predicted molar refractivity (Wildman–Crippen MR) is 94.7 cm³/mol. The van der Waals surface area contributed by atoms with Gasteiger partial charge in [0, 0.05) is 12.4 Å². The molecule has 0 atom stereocenters. The van der Waals surface area contributed by atoms with Gasteiger partial charge >= 0.3 is 0 Å². The topological polar surface area (TPSA) is 85.6 Å². The second kappa shape index (κ2) is 6.62. The van der Waals surface area contributed by atoms with E-state index in [4.69, 9.17) is 0 Å². The first kappa shape index (κ1) is 15.2. The molecule has 4 aromatic rings. The molecule has 0 bridgehead atoms. The van der Waals surface area contributed by atoms with Crippen molar-refractivity contribution < 1.29 is 4.79 Å². The van der Waals surface area contributed by atoms with Crippen molar-refractivity contribution in [2.45, 2.75) is 0 Å². The van der Waals surface area contributed by atoms with Gasteiger partial charge in [-0.05, 0) is 30.3 Å². The van der Waals surface area contributed by atoms with E-state index in [1.54, 1.807) is 23.1 Å². The number of nitrogens with one attached hydrogen (secondary N) is 1. The van der Waals surface area contributed by atoms with Gasteiger partial charge in [0.25, 0.3) is 5.91 Å². The minimum absolute atomic E-state index is 0.304. The lowest BCUT2D eigenvalue weighted by Gasteiger charge is -2.00. The zero-order chi connectivity index (χ0) is 17.1. The van der Waals surface area contributed by atoms with Gasteiger partial charge in [-0.2, -0.15) is 5.10 Å². The van der Waals surface area contributed by atoms with Crippen LogP contribution in [0.5, 0.6) is 0 Å². The third-order valence-corrected chi connectivity index (χ3v) is 4.23. The van der Waals surface area contributed by atoms with Crippen LogP contribution in [0.15, 0.2) is 67.0 Å². The fourth-order valence-electron chi connectivity index (χ4n) is 2.20. The van der Waals surface area contributed by atoms with Gasteiger partial charge in [0.2, 0.25) is 5.13 Å². The van der Waals surface area contributed by atoms with E-state index in [1.165, 1.54) is 11.3 Å². The Kier molecular flexibility index (Phi) is 4.01. The summed E-state index contributed by atoms with van der Waals surface area (Å²) in [7, 11) is 0. The Hall–Kier alpha value is -3.39. The largest absolute Gasteiger partial charge is 0.295 e. The van der Waals surface area contributed by atoms with Gasteiger partial charge in [0.05, 0.1) is 5.69 Å². The van der Waals surface area contributed by atoms with Gasteiger partial charge in [-0.25, -0.2) is 4.68 Å². The average molecular weight is 348 g/mol. The summed E-state index contributed by atoms with van der Waals surface area (Å²) in [6.45, 7) is 0. The van der Waals surface area contributed by atoms with E-state index in [9.17, 15) is 4.79 Å². The molecule has 0 saturated carbocycles.